The fraction of sp³-hybridized carbons (Fsp3) is 0.375. The lowest BCUT2D eigenvalue weighted by Crippen LogP contribution is -2.23. The van der Waals surface area contributed by atoms with Crippen LogP contribution in [0.25, 0.3) is 0 Å². The zero-order valence-corrected chi connectivity index (χ0v) is 15.9. The molecule has 0 heterocycles. The van der Waals surface area contributed by atoms with Gasteiger partial charge in [0, 0.05) is 0 Å². The predicted molar refractivity (Wildman–Crippen MR) is 106 cm³/mol. The van der Waals surface area contributed by atoms with Crippen LogP contribution < -0.4 is 0 Å². The van der Waals surface area contributed by atoms with Crippen molar-refractivity contribution < 1.29 is 13.5 Å². The molecule has 0 atom stereocenters. The van der Waals surface area contributed by atoms with Crippen LogP contribution >= 0.6 is 0 Å². The summed E-state index contributed by atoms with van der Waals surface area (Å²) >= 11 is 0. The summed E-state index contributed by atoms with van der Waals surface area (Å²) in [6, 6.07) is 15.9. The number of nitriles is 1. The molecule has 1 fully saturated rings. The van der Waals surface area contributed by atoms with E-state index >= 15 is 0 Å². The largest absolute Gasteiger partial charge is 0.360 e. The van der Waals surface area contributed by atoms with E-state index in [-0.39, 0.29) is 6.61 Å². The van der Waals surface area contributed by atoms with Crippen LogP contribution in [0.4, 0.5) is 8.78 Å². The number of allylic oxidation sites excluding steroid dienone is 1. The van der Waals surface area contributed by atoms with Gasteiger partial charge in [-0.25, -0.2) is 0 Å². The molecular weight excluding hydrogens is 356 g/mol. The first kappa shape index (κ1) is 20.2. The van der Waals surface area contributed by atoms with Crippen LogP contribution in [0.2, 0.25) is 0 Å². The number of halogens is 2. The first-order valence-corrected chi connectivity index (χ1v) is 9.71. The van der Waals surface area contributed by atoms with Gasteiger partial charge in [0.15, 0.2) is 0 Å². The van der Waals surface area contributed by atoms with Gasteiger partial charge < -0.3 is 4.74 Å². The molecule has 0 bridgehead atoms. The highest BCUT2D eigenvalue weighted by molar-refractivity contribution is 5.32. The third-order valence-corrected chi connectivity index (χ3v) is 5.50. The van der Waals surface area contributed by atoms with Crippen LogP contribution in [0.15, 0.2) is 61.2 Å². The molecule has 146 valence electrons. The number of hydrogen-bond acceptors (Lipinski definition) is 2. The van der Waals surface area contributed by atoms with Crippen LogP contribution in [0, 0.1) is 17.2 Å². The van der Waals surface area contributed by atoms with Gasteiger partial charge in [-0.1, -0.05) is 42.5 Å². The number of rotatable bonds is 7. The van der Waals surface area contributed by atoms with Crippen LogP contribution in [-0.4, -0.2) is 6.11 Å². The molecule has 0 aliphatic heterocycles. The van der Waals surface area contributed by atoms with E-state index in [0.717, 1.165) is 18.4 Å². The minimum Gasteiger partial charge on any atom is -0.315 e. The van der Waals surface area contributed by atoms with Gasteiger partial charge in [-0.3, -0.25) is 0 Å². The average molecular weight is 381 g/mol. The Morgan fingerprint density at radius 2 is 1.61 bits per heavy atom. The third-order valence-electron chi connectivity index (χ3n) is 5.50. The summed E-state index contributed by atoms with van der Waals surface area (Å²) in [6.45, 7) is 3.75. The molecule has 4 heteroatoms. The average Bonchev–Trinajstić information content (AvgIpc) is 2.73. The Morgan fingerprint density at radius 3 is 2.18 bits per heavy atom. The maximum Gasteiger partial charge on any atom is 0.360 e. The standard InChI is InChI=1S/C24H25F2NO/c1-2-18-7-11-22(12-8-18)23-13-9-21(10-14-23)17-28-24(25,26)15-19-3-5-20(16-27)6-4-19/h2-6,9-10,13-14,18,22H,1,7-8,11-12,15,17H2. The monoisotopic (exact) mass is 381 g/mol. The van der Waals surface area contributed by atoms with E-state index in [4.69, 9.17) is 10.00 Å². The van der Waals surface area contributed by atoms with Gasteiger partial charge in [-0.2, -0.15) is 14.0 Å². The Kier molecular flexibility index (Phi) is 6.59. The van der Waals surface area contributed by atoms with E-state index in [0.29, 0.717) is 23.0 Å². The van der Waals surface area contributed by atoms with Gasteiger partial charge in [-0.15, -0.1) is 6.58 Å². The van der Waals surface area contributed by atoms with E-state index in [9.17, 15) is 8.78 Å². The minimum atomic E-state index is -3.25. The van der Waals surface area contributed by atoms with Gasteiger partial charge in [0.05, 0.1) is 24.7 Å². The summed E-state index contributed by atoms with van der Waals surface area (Å²) in [4.78, 5) is 0. The van der Waals surface area contributed by atoms with Crippen molar-refractivity contribution in [2.24, 2.45) is 5.92 Å². The third kappa shape index (κ3) is 5.50. The van der Waals surface area contributed by atoms with E-state index < -0.39 is 12.5 Å². The fourth-order valence-electron chi connectivity index (χ4n) is 3.75. The molecule has 3 rings (SSSR count). The van der Waals surface area contributed by atoms with Crippen molar-refractivity contribution in [3.8, 4) is 6.07 Å². The summed E-state index contributed by atoms with van der Waals surface area (Å²) in [5.74, 6) is 1.17. The van der Waals surface area contributed by atoms with E-state index in [1.807, 2.05) is 30.3 Å². The van der Waals surface area contributed by atoms with Gasteiger partial charge in [0.25, 0.3) is 0 Å². The highest BCUT2D eigenvalue weighted by Gasteiger charge is 2.30. The van der Waals surface area contributed by atoms with Gasteiger partial charge >= 0.3 is 6.11 Å². The normalized spacial score (nSPS) is 19.8. The lowest BCUT2D eigenvalue weighted by Gasteiger charge is -2.27. The minimum absolute atomic E-state index is 0.132. The second-order valence-corrected chi connectivity index (χ2v) is 7.50. The zero-order valence-electron chi connectivity index (χ0n) is 15.9. The van der Waals surface area contributed by atoms with E-state index in [1.165, 1.54) is 42.7 Å². The first-order chi connectivity index (χ1) is 13.5. The summed E-state index contributed by atoms with van der Waals surface area (Å²) < 4.78 is 33.1. The highest BCUT2D eigenvalue weighted by atomic mass is 19.3. The zero-order chi connectivity index (χ0) is 20.0. The van der Waals surface area contributed by atoms with Crippen molar-refractivity contribution in [2.45, 2.75) is 50.7 Å². The molecule has 0 radical (unpaired) electrons. The Bertz CT molecular complexity index is 813. The van der Waals surface area contributed by atoms with Crippen molar-refractivity contribution in [3.05, 3.63) is 83.4 Å². The smallest absolute Gasteiger partial charge is 0.315 e. The molecule has 0 unspecified atom stereocenters. The molecule has 0 N–H and O–H groups in total. The number of benzene rings is 2. The van der Waals surface area contributed by atoms with Crippen LogP contribution in [0.1, 0.15) is 53.9 Å². The molecule has 2 nitrogen and oxygen atoms in total. The Balaban J connectivity index is 1.52. The number of nitrogens with zero attached hydrogens (tertiary/aromatic N) is 1. The molecule has 0 amide bonds. The van der Waals surface area contributed by atoms with Gasteiger partial charge in [0.1, 0.15) is 0 Å². The summed E-state index contributed by atoms with van der Waals surface area (Å²) in [5, 5.41) is 8.77. The molecule has 0 saturated heterocycles. The van der Waals surface area contributed by atoms with Crippen molar-refractivity contribution in [1.82, 2.24) is 0 Å². The van der Waals surface area contributed by atoms with Crippen LogP contribution in [0.5, 0.6) is 0 Å². The molecule has 0 aromatic heterocycles. The Labute approximate surface area is 165 Å². The van der Waals surface area contributed by atoms with Crippen molar-refractivity contribution >= 4 is 0 Å². The second kappa shape index (κ2) is 9.12. The molecule has 1 aliphatic rings. The lowest BCUT2D eigenvalue weighted by atomic mass is 9.79. The summed E-state index contributed by atoms with van der Waals surface area (Å²) in [6.07, 6.45) is 2.92. The molecule has 1 aliphatic carbocycles. The predicted octanol–water partition coefficient (Wildman–Crippen LogP) is 6.37. The van der Waals surface area contributed by atoms with Crippen LogP contribution in [-0.2, 0) is 17.8 Å². The highest BCUT2D eigenvalue weighted by Crippen LogP contribution is 2.36. The number of alkyl halides is 2. The quantitative estimate of drug-likeness (QED) is 0.522. The maximum absolute atomic E-state index is 14.1. The molecular formula is C24H25F2NO. The molecule has 2 aromatic rings. The molecule has 28 heavy (non-hydrogen) atoms. The number of hydrogen-bond donors (Lipinski definition) is 0. The first-order valence-electron chi connectivity index (χ1n) is 9.71. The molecule has 0 spiro atoms. The Morgan fingerprint density at radius 1 is 1.00 bits per heavy atom. The molecule has 1 saturated carbocycles. The van der Waals surface area contributed by atoms with Crippen LogP contribution in [0.3, 0.4) is 0 Å². The van der Waals surface area contributed by atoms with Crippen molar-refractivity contribution in [1.29, 1.82) is 5.26 Å². The number of ether oxygens (including phenoxy) is 1. The Hall–Kier alpha value is -2.51. The van der Waals surface area contributed by atoms with Gasteiger partial charge in [0.2, 0.25) is 0 Å². The topological polar surface area (TPSA) is 33.0 Å². The maximum atomic E-state index is 14.1. The lowest BCUT2D eigenvalue weighted by molar-refractivity contribution is -0.244. The second-order valence-electron chi connectivity index (χ2n) is 7.50. The van der Waals surface area contributed by atoms with Crippen molar-refractivity contribution in [2.75, 3.05) is 0 Å². The summed E-state index contributed by atoms with van der Waals surface area (Å²) in [7, 11) is 0. The SMILES string of the molecule is C=CC1CCC(c2ccc(COC(F)(F)Cc3ccc(C#N)cc3)cc2)CC1. The van der Waals surface area contributed by atoms with Crippen molar-refractivity contribution in [3.63, 3.8) is 0 Å². The fourth-order valence-corrected chi connectivity index (χ4v) is 3.75. The summed E-state index contributed by atoms with van der Waals surface area (Å²) in [5.41, 5.74) is 2.90. The molecule has 2 aromatic carbocycles. The van der Waals surface area contributed by atoms with E-state index in [2.05, 4.69) is 12.7 Å². The van der Waals surface area contributed by atoms with Gasteiger partial charge in [-0.05, 0) is 66.3 Å². The van der Waals surface area contributed by atoms with E-state index in [1.54, 1.807) is 0 Å².